The molecule has 1 aromatic rings. The van der Waals surface area contributed by atoms with Crippen LogP contribution in [0.2, 0.25) is 0 Å². The van der Waals surface area contributed by atoms with Crippen LogP contribution in [0.1, 0.15) is 74.3 Å². The molecule has 142 valence electrons. The van der Waals surface area contributed by atoms with Gasteiger partial charge >= 0.3 is 0 Å². The number of hydrogen-bond acceptors (Lipinski definition) is 4. The summed E-state index contributed by atoms with van der Waals surface area (Å²) in [6.07, 6.45) is 8.79. The highest BCUT2D eigenvalue weighted by Crippen LogP contribution is 2.44. The molecule has 0 N–H and O–H groups in total. The summed E-state index contributed by atoms with van der Waals surface area (Å²) >= 11 is 0. The minimum atomic E-state index is -0.251. The van der Waals surface area contributed by atoms with Gasteiger partial charge in [-0.1, -0.05) is 24.3 Å². The Morgan fingerprint density at radius 1 is 0.538 bits per heavy atom. The first-order chi connectivity index (χ1) is 12.8. The van der Waals surface area contributed by atoms with Crippen LogP contribution in [0.25, 0.3) is 0 Å². The second-order valence-corrected chi connectivity index (χ2v) is 8.43. The minimum absolute atomic E-state index is 0.251. The smallest absolute Gasteiger partial charge is 0.168 e. The van der Waals surface area contributed by atoms with Gasteiger partial charge in [-0.2, -0.15) is 0 Å². The van der Waals surface area contributed by atoms with Gasteiger partial charge in [0.25, 0.3) is 0 Å². The van der Waals surface area contributed by atoms with E-state index in [-0.39, 0.29) is 11.6 Å². The second-order valence-electron chi connectivity index (χ2n) is 8.43. The fourth-order valence-corrected chi connectivity index (χ4v) is 5.39. The van der Waals surface area contributed by atoms with Gasteiger partial charge in [-0.3, -0.25) is 0 Å². The van der Waals surface area contributed by atoms with Gasteiger partial charge in [-0.05, 0) is 48.6 Å². The number of ether oxygens (including phenoxy) is 4. The van der Waals surface area contributed by atoms with E-state index >= 15 is 0 Å². The standard InChI is InChI=1S/C22H30O4/c1-2-18(20-7-11-22(12-8-20)25-15-16-26-22)4-3-17(1)19-5-9-21(10-6-19)23-13-14-24-21/h1-4,19-20H,5-16H2. The molecule has 2 saturated carbocycles. The second kappa shape index (κ2) is 6.90. The lowest BCUT2D eigenvalue weighted by molar-refractivity contribution is -0.179. The van der Waals surface area contributed by atoms with E-state index in [1.54, 1.807) is 0 Å². The molecule has 0 amide bonds. The van der Waals surface area contributed by atoms with Gasteiger partial charge in [0.1, 0.15) is 0 Å². The van der Waals surface area contributed by atoms with E-state index in [0.29, 0.717) is 11.8 Å². The Kier molecular flexibility index (Phi) is 4.56. The highest BCUT2D eigenvalue weighted by molar-refractivity contribution is 5.28. The normalized spacial score (nSPS) is 31.0. The first-order valence-electron chi connectivity index (χ1n) is 10.4. The van der Waals surface area contributed by atoms with Crippen LogP contribution in [0.5, 0.6) is 0 Å². The molecule has 0 aromatic heterocycles. The van der Waals surface area contributed by atoms with Gasteiger partial charge in [0.2, 0.25) is 0 Å². The monoisotopic (exact) mass is 358 g/mol. The van der Waals surface area contributed by atoms with Crippen molar-refractivity contribution in [2.45, 2.75) is 74.8 Å². The van der Waals surface area contributed by atoms with Crippen molar-refractivity contribution in [1.82, 2.24) is 0 Å². The van der Waals surface area contributed by atoms with Crippen molar-refractivity contribution in [2.24, 2.45) is 0 Å². The third kappa shape index (κ3) is 3.22. The molecular formula is C22H30O4. The molecule has 0 radical (unpaired) electrons. The number of benzene rings is 1. The molecule has 2 spiro atoms. The lowest BCUT2D eigenvalue weighted by Crippen LogP contribution is -2.34. The van der Waals surface area contributed by atoms with Crippen molar-refractivity contribution >= 4 is 0 Å². The van der Waals surface area contributed by atoms with Gasteiger partial charge in [0.15, 0.2) is 11.6 Å². The zero-order valence-corrected chi connectivity index (χ0v) is 15.6. The highest BCUT2D eigenvalue weighted by atomic mass is 16.7. The minimum Gasteiger partial charge on any atom is -0.348 e. The zero-order valence-electron chi connectivity index (χ0n) is 15.6. The molecule has 4 nitrogen and oxygen atoms in total. The fourth-order valence-electron chi connectivity index (χ4n) is 5.39. The van der Waals surface area contributed by atoms with Gasteiger partial charge < -0.3 is 18.9 Å². The van der Waals surface area contributed by atoms with E-state index in [1.807, 2.05) is 0 Å². The predicted molar refractivity (Wildman–Crippen MR) is 98.1 cm³/mol. The van der Waals surface area contributed by atoms with E-state index in [2.05, 4.69) is 24.3 Å². The van der Waals surface area contributed by atoms with Gasteiger partial charge in [0, 0.05) is 25.7 Å². The number of hydrogen-bond donors (Lipinski definition) is 0. The van der Waals surface area contributed by atoms with Crippen LogP contribution in [-0.2, 0) is 18.9 Å². The van der Waals surface area contributed by atoms with Crippen molar-refractivity contribution in [2.75, 3.05) is 26.4 Å². The largest absolute Gasteiger partial charge is 0.348 e. The summed E-state index contributed by atoms with van der Waals surface area (Å²) < 4.78 is 23.4. The maximum atomic E-state index is 5.86. The summed E-state index contributed by atoms with van der Waals surface area (Å²) in [5, 5.41) is 0. The molecule has 26 heavy (non-hydrogen) atoms. The van der Waals surface area contributed by atoms with E-state index in [4.69, 9.17) is 18.9 Å². The molecule has 1 aromatic carbocycles. The quantitative estimate of drug-likeness (QED) is 0.781. The summed E-state index contributed by atoms with van der Waals surface area (Å²) in [5.41, 5.74) is 2.97. The van der Waals surface area contributed by atoms with Gasteiger partial charge in [-0.25, -0.2) is 0 Å². The summed E-state index contributed by atoms with van der Waals surface area (Å²) in [5.74, 6) is 0.798. The molecule has 5 rings (SSSR count). The molecule has 0 unspecified atom stereocenters. The van der Waals surface area contributed by atoms with Crippen molar-refractivity contribution in [3.05, 3.63) is 35.4 Å². The maximum absolute atomic E-state index is 5.86. The molecule has 4 heteroatoms. The lowest BCUT2D eigenvalue weighted by Gasteiger charge is -2.36. The molecule has 2 aliphatic heterocycles. The van der Waals surface area contributed by atoms with Crippen LogP contribution in [0.3, 0.4) is 0 Å². The molecule has 0 bridgehead atoms. The third-order valence-electron chi connectivity index (χ3n) is 7.00. The first kappa shape index (κ1) is 17.2. The molecular weight excluding hydrogens is 328 g/mol. The zero-order chi connectivity index (χ0) is 17.5. The van der Waals surface area contributed by atoms with Crippen LogP contribution < -0.4 is 0 Å². The van der Waals surface area contributed by atoms with Crippen LogP contribution in [0, 0.1) is 0 Å². The third-order valence-corrected chi connectivity index (χ3v) is 7.00. The van der Waals surface area contributed by atoms with E-state index in [1.165, 1.54) is 36.8 Å². The van der Waals surface area contributed by atoms with Gasteiger partial charge in [-0.15, -0.1) is 0 Å². The average Bonchev–Trinajstić information content (AvgIpc) is 3.34. The lowest BCUT2D eigenvalue weighted by atomic mass is 9.78. The van der Waals surface area contributed by atoms with Crippen molar-refractivity contribution in [3.63, 3.8) is 0 Å². The fraction of sp³-hybridized carbons (Fsp3) is 0.727. The first-order valence-corrected chi connectivity index (χ1v) is 10.4. The SMILES string of the molecule is c1cc(C2CCC3(CC2)OCCO3)ccc1C1CCC2(CC1)OCCO2. The Balaban J connectivity index is 1.19. The summed E-state index contributed by atoms with van der Waals surface area (Å²) in [7, 11) is 0. The van der Waals surface area contributed by atoms with E-state index in [0.717, 1.165) is 52.1 Å². The maximum Gasteiger partial charge on any atom is 0.168 e. The van der Waals surface area contributed by atoms with Crippen LogP contribution >= 0.6 is 0 Å². The van der Waals surface area contributed by atoms with E-state index < -0.39 is 0 Å². The molecule has 4 aliphatic rings. The van der Waals surface area contributed by atoms with Crippen LogP contribution in [0.4, 0.5) is 0 Å². The van der Waals surface area contributed by atoms with E-state index in [9.17, 15) is 0 Å². The predicted octanol–water partition coefficient (Wildman–Crippen LogP) is 4.49. The molecule has 0 atom stereocenters. The van der Waals surface area contributed by atoms with Crippen molar-refractivity contribution in [3.8, 4) is 0 Å². The van der Waals surface area contributed by atoms with Crippen LogP contribution in [0.15, 0.2) is 24.3 Å². The Morgan fingerprint density at radius 2 is 0.846 bits per heavy atom. The highest BCUT2D eigenvalue weighted by Gasteiger charge is 2.41. The average molecular weight is 358 g/mol. The van der Waals surface area contributed by atoms with Crippen LogP contribution in [-0.4, -0.2) is 38.0 Å². The Labute approximate surface area is 156 Å². The molecule has 4 fully saturated rings. The summed E-state index contributed by atoms with van der Waals surface area (Å²) in [4.78, 5) is 0. The summed E-state index contributed by atoms with van der Waals surface area (Å²) in [6.45, 7) is 3.05. The molecule has 2 heterocycles. The Bertz CT molecular complexity index is 539. The van der Waals surface area contributed by atoms with Crippen molar-refractivity contribution < 1.29 is 18.9 Å². The Morgan fingerprint density at radius 3 is 1.15 bits per heavy atom. The van der Waals surface area contributed by atoms with Crippen molar-refractivity contribution in [1.29, 1.82) is 0 Å². The number of rotatable bonds is 2. The topological polar surface area (TPSA) is 36.9 Å². The Hall–Kier alpha value is -0.940. The summed E-state index contributed by atoms with van der Waals surface area (Å²) in [6, 6.07) is 9.45. The molecule has 2 saturated heterocycles. The van der Waals surface area contributed by atoms with Gasteiger partial charge in [0.05, 0.1) is 26.4 Å². The molecule has 2 aliphatic carbocycles.